The molecule has 8 rings (SSSR count). The van der Waals surface area contributed by atoms with Gasteiger partial charge in [0.15, 0.2) is 30.3 Å². The van der Waals surface area contributed by atoms with Crippen LogP contribution in [0.1, 0.15) is 119 Å². The fraction of sp³-hybridized carbons (Fsp3) is 0.800. The van der Waals surface area contributed by atoms with Gasteiger partial charge in [-0.05, 0) is 81.9 Å². The second kappa shape index (κ2) is 20.1. The van der Waals surface area contributed by atoms with Crippen molar-refractivity contribution in [2.75, 3.05) is 20.8 Å². The Morgan fingerprint density at radius 1 is 0.844 bits per heavy atom. The summed E-state index contributed by atoms with van der Waals surface area (Å²) in [4.78, 5) is 27.9. The summed E-state index contributed by atoms with van der Waals surface area (Å²) in [6, 6.07) is 0. The lowest BCUT2D eigenvalue weighted by molar-refractivity contribution is -0.342. The maximum Gasteiger partial charge on any atom is 0.316 e. The van der Waals surface area contributed by atoms with Crippen LogP contribution in [0.15, 0.2) is 47.1 Å². The van der Waals surface area contributed by atoms with E-state index in [1.807, 2.05) is 19.1 Å². The summed E-state index contributed by atoms with van der Waals surface area (Å²) < 4.78 is 64.2. The van der Waals surface area contributed by atoms with Crippen LogP contribution >= 0.6 is 0 Å². The molecular weight excluding hydrogens is 825 g/mol. The third-order valence-electron chi connectivity index (χ3n) is 15.7. The number of aliphatic hydroxyl groups is 2. The van der Waals surface area contributed by atoms with E-state index in [4.69, 9.17) is 47.4 Å². The topological polar surface area (TPSA) is 167 Å². The van der Waals surface area contributed by atoms with Gasteiger partial charge in [-0.3, -0.25) is 9.59 Å². The standard InChI is InChI=1S/C50H74O14/c1-27-13-12-16-34-26-57-47-42(51)30(4)21-37(50(34,47)54)48(53)60-36-22-35(63-49(25-36)20-19-29(3)45(64-49)33-14-10-9-11-15-33)18-17-28(2)44(27)61-41-24-39(56-8)46(32(6)59-41)62-40-23-38(55-7)43(52)31(5)58-40/h12-13,16-17,21,27,29,31-33,35-41,43-47,52,54H,9-11,14-15,18-20,22-26H2,1-8H3/b13-12+,28-17+,34-16+/t27-,29-,31-,32-,35+,36?,37?,38-,39-,40-,41-,43?,44-,45-,46-,47+,49+,50+/m0/s1. The van der Waals surface area contributed by atoms with E-state index in [1.54, 1.807) is 40.2 Å². The highest BCUT2D eigenvalue weighted by atomic mass is 16.7. The van der Waals surface area contributed by atoms with Crippen molar-refractivity contribution in [3.8, 4) is 0 Å². The minimum absolute atomic E-state index is 0.0145. The molecule has 0 amide bonds. The Labute approximate surface area is 379 Å². The highest BCUT2D eigenvalue weighted by Gasteiger charge is 2.60. The molecule has 6 fully saturated rings. The largest absolute Gasteiger partial charge is 0.462 e. The first-order valence-electron chi connectivity index (χ1n) is 24.2. The Balaban J connectivity index is 1.08. The van der Waals surface area contributed by atoms with Crippen molar-refractivity contribution in [1.29, 1.82) is 0 Å². The Bertz CT molecular complexity index is 1790. The first-order valence-corrected chi connectivity index (χ1v) is 24.2. The van der Waals surface area contributed by atoms with Crippen molar-refractivity contribution >= 4 is 11.8 Å². The van der Waals surface area contributed by atoms with E-state index in [2.05, 4.69) is 26.8 Å². The number of hydrogen-bond acceptors (Lipinski definition) is 14. The molecule has 0 aromatic rings. The maximum atomic E-state index is 14.4. The predicted molar refractivity (Wildman–Crippen MR) is 234 cm³/mol. The summed E-state index contributed by atoms with van der Waals surface area (Å²) in [5.74, 6) is -2.35. The van der Waals surface area contributed by atoms with Crippen LogP contribution in [0, 0.1) is 23.7 Å². The average molecular weight is 899 g/mol. The molecule has 2 N–H and O–H groups in total. The molecule has 2 aliphatic carbocycles. The molecule has 358 valence electrons. The Morgan fingerprint density at radius 3 is 2.31 bits per heavy atom. The predicted octanol–water partition coefficient (Wildman–Crippen LogP) is 6.34. The molecule has 0 aromatic heterocycles. The molecule has 64 heavy (non-hydrogen) atoms. The van der Waals surface area contributed by atoms with Gasteiger partial charge in [-0.2, -0.15) is 0 Å². The molecule has 0 aromatic carbocycles. The zero-order valence-electron chi connectivity index (χ0n) is 39.2. The van der Waals surface area contributed by atoms with Crippen LogP contribution < -0.4 is 0 Å². The Morgan fingerprint density at radius 2 is 1.56 bits per heavy atom. The van der Waals surface area contributed by atoms with Crippen LogP contribution in [-0.2, 0) is 57.0 Å². The highest BCUT2D eigenvalue weighted by Crippen LogP contribution is 2.48. The van der Waals surface area contributed by atoms with Gasteiger partial charge in [-0.25, -0.2) is 0 Å². The summed E-state index contributed by atoms with van der Waals surface area (Å²) in [5.41, 5.74) is -0.146. The number of esters is 1. The van der Waals surface area contributed by atoms with Crippen molar-refractivity contribution in [2.24, 2.45) is 23.7 Å². The lowest BCUT2D eigenvalue weighted by Crippen LogP contribution is -2.57. The lowest BCUT2D eigenvalue weighted by atomic mass is 9.71. The summed E-state index contributed by atoms with van der Waals surface area (Å²) in [6.07, 6.45) is 12.3. The second-order valence-corrected chi connectivity index (χ2v) is 20.2. The van der Waals surface area contributed by atoms with Gasteiger partial charge in [-0.1, -0.05) is 63.5 Å². The van der Waals surface area contributed by atoms with E-state index in [0.717, 1.165) is 24.8 Å². The Kier molecular flexibility index (Phi) is 15.1. The van der Waals surface area contributed by atoms with E-state index in [-0.39, 0.29) is 36.6 Å². The van der Waals surface area contributed by atoms with E-state index in [1.165, 1.54) is 19.3 Å². The first kappa shape index (κ1) is 48.1. The zero-order valence-corrected chi connectivity index (χ0v) is 39.2. The van der Waals surface area contributed by atoms with Crippen LogP contribution in [0.3, 0.4) is 0 Å². The third-order valence-corrected chi connectivity index (χ3v) is 15.7. The monoisotopic (exact) mass is 899 g/mol. The first-order chi connectivity index (χ1) is 30.6. The van der Waals surface area contributed by atoms with Gasteiger partial charge in [0.25, 0.3) is 0 Å². The lowest BCUT2D eigenvalue weighted by Gasteiger charge is -2.51. The van der Waals surface area contributed by atoms with E-state index in [0.29, 0.717) is 61.5 Å². The minimum atomic E-state index is -1.92. The summed E-state index contributed by atoms with van der Waals surface area (Å²) in [6.45, 7) is 11.8. The number of aliphatic hydroxyl groups excluding tert-OH is 1. The van der Waals surface area contributed by atoms with E-state index in [9.17, 15) is 19.8 Å². The average Bonchev–Trinajstić information content (AvgIpc) is 3.62. The van der Waals surface area contributed by atoms with Gasteiger partial charge in [0.2, 0.25) is 0 Å². The molecule has 1 saturated carbocycles. The van der Waals surface area contributed by atoms with Crippen molar-refractivity contribution in [2.45, 2.75) is 210 Å². The number of fused-ring (bicyclic) bond motifs is 2. The minimum Gasteiger partial charge on any atom is -0.462 e. The molecule has 18 atom stereocenters. The summed E-state index contributed by atoms with van der Waals surface area (Å²) >= 11 is 0. The van der Waals surface area contributed by atoms with Gasteiger partial charge in [-0.15, -0.1) is 0 Å². The van der Waals surface area contributed by atoms with E-state index < -0.39 is 84.7 Å². The number of hydrogen-bond donors (Lipinski definition) is 2. The quantitative estimate of drug-likeness (QED) is 0.215. The molecule has 6 heterocycles. The molecule has 1 spiro atoms. The van der Waals surface area contributed by atoms with Crippen molar-refractivity contribution < 1.29 is 67.2 Å². The van der Waals surface area contributed by atoms with Crippen LogP contribution in [0.4, 0.5) is 0 Å². The van der Waals surface area contributed by atoms with Crippen molar-refractivity contribution in [1.82, 2.24) is 0 Å². The molecular formula is C50H74O14. The van der Waals surface area contributed by atoms with Gasteiger partial charge >= 0.3 is 5.97 Å². The molecule has 0 radical (unpaired) electrons. The molecule has 3 unspecified atom stereocenters. The fourth-order valence-corrected chi connectivity index (χ4v) is 11.9. The molecule has 5 saturated heterocycles. The normalized spacial score (nSPS) is 48.3. The number of carbonyl (C=O) groups excluding carboxylic acids is 2. The SMILES string of the molecule is CO[C@H]1C[C@H](O[C@H]2[C@H](C)O[C@@H](O[C@@H]3/C(C)=C/C[C@@H]4CC(C[C@]5(CC[C@H](C)[C@@H](C6CCCCC6)O5)O4)OC(=O)C4C=C(C)C(=O)[C@H]5OC/C(=C\C=C\[C@@H]3C)[C@@]45O)C[C@@H]2OC)O[C@@H](C)C1O. The fourth-order valence-electron chi connectivity index (χ4n) is 11.9. The van der Waals surface area contributed by atoms with Crippen LogP contribution in [0.2, 0.25) is 0 Å². The third kappa shape index (κ3) is 9.81. The number of allylic oxidation sites excluding steroid dienone is 2. The molecule has 2 bridgehead atoms. The molecule has 14 nitrogen and oxygen atoms in total. The van der Waals surface area contributed by atoms with Crippen molar-refractivity contribution in [3.05, 3.63) is 47.1 Å². The Hall–Kier alpha value is -2.34. The smallest absolute Gasteiger partial charge is 0.316 e. The van der Waals surface area contributed by atoms with Gasteiger partial charge in [0.1, 0.15) is 29.8 Å². The van der Waals surface area contributed by atoms with E-state index >= 15 is 0 Å². The zero-order chi connectivity index (χ0) is 45.5. The number of methoxy groups -OCH3 is 2. The molecule has 8 aliphatic rings. The van der Waals surface area contributed by atoms with Gasteiger partial charge in [0, 0.05) is 52.2 Å². The van der Waals surface area contributed by atoms with Gasteiger partial charge < -0.3 is 57.6 Å². The second-order valence-electron chi connectivity index (χ2n) is 20.2. The number of rotatable bonds is 7. The van der Waals surface area contributed by atoms with Crippen LogP contribution in [0.5, 0.6) is 0 Å². The maximum absolute atomic E-state index is 14.4. The summed E-state index contributed by atoms with van der Waals surface area (Å²) in [5, 5.41) is 23.0. The molecule has 6 aliphatic heterocycles. The number of ether oxygens (including phenoxy) is 10. The highest BCUT2D eigenvalue weighted by molar-refractivity contribution is 6.03. The van der Waals surface area contributed by atoms with Crippen molar-refractivity contribution in [3.63, 3.8) is 0 Å². The summed E-state index contributed by atoms with van der Waals surface area (Å²) in [7, 11) is 3.23. The van der Waals surface area contributed by atoms with Crippen LogP contribution in [-0.4, -0.2) is 134 Å². The molecule has 14 heteroatoms. The number of ketones is 1. The van der Waals surface area contributed by atoms with Gasteiger partial charge in [0.05, 0.1) is 49.3 Å². The number of carbonyl (C=O) groups is 2. The number of Topliss-reactive ketones (excluding diaryl/α,β-unsaturated/α-hetero) is 1. The van der Waals surface area contributed by atoms with Crippen LogP contribution in [0.25, 0.3) is 0 Å².